The molecule has 0 amide bonds. The normalized spacial score (nSPS) is 17.8. The maximum absolute atomic E-state index is 12.1. The Morgan fingerprint density at radius 1 is 1.18 bits per heavy atom. The molecule has 2 aromatic carbocycles. The lowest BCUT2D eigenvalue weighted by molar-refractivity contribution is -0.153. The van der Waals surface area contributed by atoms with Crippen LogP contribution in [0.5, 0.6) is 5.75 Å². The predicted molar refractivity (Wildman–Crippen MR) is 110 cm³/mol. The summed E-state index contributed by atoms with van der Waals surface area (Å²) in [4.78, 5) is 12.1. The molecule has 0 bridgehead atoms. The standard InChI is InChI=1S/C20H20N2O3.C2H5B/c1-24-19(23)20(10-11-22-13-20)14-25-18-8-6-17(7-9-18)16-4-2-15(12-21)3-5-16;1-2-3/h2-9,22H,10-11,13-14H2,1H3;2H2,1H3. The Hall–Kier alpha value is -2.78. The number of nitrogens with one attached hydrogen (secondary N) is 1. The summed E-state index contributed by atoms with van der Waals surface area (Å²) in [6.45, 7) is 3.56. The van der Waals surface area contributed by atoms with Crippen molar-refractivity contribution < 1.29 is 14.3 Å². The van der Waals surface area contributed by atoms with Crippen molar-refractivity contribution in [1.29, 1.82) is 5.26 Å². The second-order valence-corrected chi connectivity index (χ2v) is 6.61. The van der Waals surface area contributed by atoms with E-state index in [0.29, 0.717) is 30.9 Å². The first-order valence-electron chi connectivity index (χ1n) is 9.31. The number of carbonyl (C=O) groups excluding carboxylic acids is 1. The Balaban J connectivity index is 0.000000878. The third-order valence-corrected chi connectivity index (χ3v) is 4.58. The lowest BCUT2D eigenvalue weighted by Gasteiger charge is -2.25. The highest BCUT2D eigenvalue weighted by Crippen LogP contribution is 2.29. The zero-order valence-corrected chi connectivity index (χ0v) is 16.4. The van der Waals surface area contributed by atoms with E-state index in [9.17, 15) is 4.79 Å². The summed E-state index contributed by atoms with van der Waals surface area (Å²) < 4.78 is 10.8. The molecule has 144 valence electrons. The van der Waals surface area contributed by atoms with Crippen LogP contribution in [0.2, 0.25) is 6.32 Å². The summed E-state index contributed by atoms with van der Waals surface area (Å²) in [5.74, 6) is 0.485. The summed E-state index contributed by atoms with van der Waals surface area (Å²) in [6, 6.07) is 17.3. The van der Waals surface area contributed by atoms with Crippen molar-refractivity contribution in [3.8, 4) is 22.9 Å². The fourth-order valence-corrected chi connectivity index (χ4v) is 3.02. The predicted octanol–water partition coefficient (Wildman–Crippen LogP) is 3.35. The van der Waals surface area contributed by atoms with Crippen molar-refractivity contribution in [2.75, 3.05) is 26.8 Å². The first-order chi connectivity index (χ1) is 13.6. The van der Waals surface area contributed by atoms with Crippen molar-refractivity contribution in [2.24, 2.45) is 5.41 Å². The number of ether oxygens (including phenoxy) is 2. The number of nitrogens with zero attached hydrogens (tertiary/aromatic N) is 1. The van der Waals surface area contributed by atoms with Gasteiger partial charge in [0.05, 0.1) is 26.6 Å². The minimum atomic E-state index is -0.611. The molecule has 0 spiro atoms. The second-order valence-electron chi connectivity index (χ2n) is 6.61. The molecule has 1 fully saturated rings. The summed E-state index contributed by atoms with van der Waals surface area (Å²) in [5.41, 5.74) is 2.11. The third kappa shape index (κ3) is 5.37. The fraction of sp³-hybridized carbons (Fsp3) is 0.364. The van der Waals surface area contributed by atoms with E-state index in [1.807, 2.05) is 43.3 Å². The van der Waals surface area contributed by atoms with Gasteiger partial charge in [-0.3, -0.25) is 4.79 Å². The zero-order valence-electron chi connectivity index (χ0n) is 16.4. The SMILES string of the molecule is COC(=O)C1(COc2ccc(-c3ccc(C#N)cc3)cc2)CCNC1.[B]CC. The Bertz CT molecular complexity index is 792. The molecule has 1 aliphatic rings. The number of nitriles is 1. The molecule has 3 rings (SSSR count). The van der Waals surface area contributed by atoms with Crippen LogP contribution in [-0.4, -0.2) is 40.6 Å². The molecule has 2 radical (unpaired) electrons. The second kappa shape index (κ2) is 10.5. The van der Waals surface area contributed by atoms with Crippen molar-refractivity contribution in [2.45, 2.75) is 19.7 Å². The average Bonchev–Trinajstić information content (AvgIpc) is 3.23. The van der Waals surface area contributed by atoms with E-state index < -0.39 is 5.41 Å². The molecule has 6 heteroatoms. The van der Waals surface area contributed by atoms with Crippen LogP contribution in [-0.2, 0) is 9.53 Å². The van der Waals surface area contributed by atoms with Crippen LogP contribution >= 0.6 is 0 Å². The fourth-order valence-electron chi connectivity index (χ4n) is 3.02. The Kier molecular flexibility index (Phi) is 8.10. The average molecular weight is 376 g/mol. The van der Waals surface area contributed by atoms with Crippen LogP contribution in [0.3, 0.4) is 0 Å². The van der Waals surface area contributed by atoms with Gasteiger partial charge in [0, 0.05) is 6.54 Å². The molecule has 1 heterocycles. The molecule has 0 aliphatic carbocycles. The maximum atomic E-state index is 12.1. The van der Waals surface area contributed by atoms with Crippen LogP contribution in [0.4, 0.5) is 0 Å². The highest BCUT2D eigenvalue weighted by molar-refractivity contribution is 6.08. The molecule has 1 aliphatic heterocycles. The van der Waals surface area contributed by atoms with Gasteiger partial charge in [-0.2, -0.15) is 5.26 Å². The Morgan fingerprint density at radius 3 is 2.21 bits per heavy atom. The van der Waals surface area contributed by atoms with Gasteiger partial charge in [-0.05, 0) is 48.4 Å². The number of methoxy groups -OCH3 is 1. The van der Waals surface area contributed by atoms with E-state index in [1.165, 1.54) is 7.11 Å². The summed E-state index contributed by atoms with van der Waals surface area (Å²) in [5, 5.41) is 12.1. The number of carbonyl (C=O) groups is 1. The minimum Gasteiger partial charge on any atom is -0.492 e. The van der Waals surface area contributed by atoms with Gasteiger partial charge in [-0.15, -0.1) is 0 Å². The Labute approximate surface area is 168 Å². The van der Waals surface area contributed by atoms with Crippen LogP contribution in [0, 0.1) is 16.7 Å². The van der Waals surface area contributed by atoms with Crippen LogP contribution in [0.1, 0.15) is 18.9 Å². The number of rotatable bonds is 5. The van der Waals surface area contributed by atoms with Gasteiger partial charge >= 0.3 is 5.97 Å². The molecular weight excluding hydrogens is 351 g/mol. The molecular formula is C22H25BN2O3. The van der Waals surface area contributed by atoms with Gasteiger partial charge in [-0.25, -0.2) is 0 Å². The van der Waals surface area contributed by atoms with Gasteiger partial charge in [0.25, 0.3) is 0 Å². The van der Waals surface area contributed by atoms with E-state index in [1.54, 1.807) is 12.1 Å². The van der Waals surface area contributed by atoms with Gasteiger partial charge < -0.3 is 14.8 Å². The first kappa shape index (κ1) is 21.5. The molecule has 0 saturated carbocycles. The minimum absolute atomic E-state index is 0.230. The monoisotopic (exact) mass is 376 g/mol. The summed E-state index contributed by atoms with van der Waals surface area (Å²) in [7, 11) is 6.26. The van der Waals surface area contributed by atoms with E-state index in [4.69, 9.17) is 22.6 Å². The molecule has 1 N–H and O–H groups in total. The summed E-state index contributed by atoms with van der Waals surface area (Å²) in [6.07, 6.45) is 1.46. The Morgan fingerprint density at radius 2 is 1.75 bits per heavy atom. The quantitative estimate of drug-likeness (QED) is 0.640. The molecule has 0 aromatic heterocycles. The zero-order chi connectivity index (χ0) is 20.4. The molecule has 5 nitrogen and oxygen atoms in total. The molecule has 1 unspecified atom stereocenters. The van der Waals surface area contributed by atoms with Crippen LogP contribution in [0.15, 0.2) is 48.5 Å². The number of benzene rings is 2. The molecule has 2 aromatic rings. The smallest absolute Gasteiger partial charge is 0.316 e. The van der Waals surface area contributed by atoms with E-state index in [-0.39, 0.29) is 5.97 Å². The van der Waals surface area contributed by atoms with Gasteiger partial charge in [0.15, 0.2) is 0 Å². The van der Waals surface area contributed by atoms with Crippen molar-refractivity contribution in [1.82, 2.24) is 5.32 Å². The number of esters is 1. The molecule has 1 atom stereocenters. The van der Waals surface area contributed by atoms with Crippen molar-refractivity contribution >= 4 is 13.8 Å². The van der Waals surface area contributed by atoms with E-state index in [2.05, 4.69) is 11.4 Å². The lowest BCUT2D eigenvalue weighted by atomic mass is 9.88. The van der Waals surface area contributed by atoms with Gasteiger partial charge in [0.2, 0.25) is 0 Å². The third-order valence-electron chi connectivity index (χ3n) is 4.58. The topological polar surface area (TPSA) is 71.3 Å². The first-order valence-corrected chi connectivity index (χ1v) is 9.31. The molecule has 28 heavy (non-hydrogen) atoms. The van der Waals surface area contributed by atoms with Gasteiger partial charge in [0.1, 0.15) is 17.8 Å². The molecule has 1 saturated heterocycles. The number of hydrogen-bond acceptors (Lipinski definition) is 5. The lowest BCUT2D eigenvalue weighted by Crippen LogP contribution is -2.40. The largest absolute Gasteiger partial charge is 0.492 e. The van der Waals surface area contributed by atoms with Gasteiger partial charge in [-0.1, -0.05) is 37.5 Å². The van der Waals surface area contributed by atoms with Crippen LogP contribution < -0.4 is 10.1 Å². The highest BCUT2D eigenvalue weighted by Gasteiger charge is 2.43. The van der Waals surface area contributed by atoms with Crippen molar-refractivity contribution in [3.05, 3.63) is 54.1 Å². The van der Waals surface area contributed by atoms with Crippen LogP contribution in [0.25, 0.3) is 11.1 Å². The maximum Gasteiger partial charge on any atom is 0.316 e. The van der Waals surface area contributed by atoms with E-state index >= 15 is 0 Å². The van der Waals surface area contributed by atoms with E-state index in [0.717, 1.165) is 24.0 Å². The summed E-state index contributed by atoms with van der Waals surface area (Å²) >= 11 is 0. The van der Waals surface area contributed by atoms with Crippen molar-refractivity contribution in [3.63, 3.8) is 0 Å². The number of hydrogen-bond donors (Lipinski definition) is 1. The highest BCUT2D eigenvalue weighted by atomic mass is 16.5.